The van der Waals surface area contributed by atoms with Gasteiger partial charge in [-0.15, -0.1) is 0 Å². The zero-order chi connectivity index (χ0) is 14.7. The molecule has 0 aromatic carbocycles. The third kappa shape index (κ3) is 2.61. The average Bonchev–Trinajstić information content (AvgIpc) is 3.05. The van der Waals surface area contributed by atoms with Gasteiger partial charge in [0.2, 0.25) is 0 Å². The fourth-order valence-corrected chi connectivity index (χ4v) is 1.99. The number of carbonyl (C=O) groups excluding carboxylic acids is 2. The highest BCUT2D eigenvalue weighted by molar-refractivity contribution is 6.42. The molecule has 2 aromatic heterocycles. The first-order chi connectivity index (χ1) is 9.54. The third-order valence-corrected chi connectivity index (χ3v) is 3.06. The minimum atomic E-state index is -0.648. The first-order valence-electron chi connectivity index (χ1n) is 6.38. The van der Waals surface area contributed by atoms with E-state index < -0.39 is 11.7 Å². The number of hydrogen-bond acceptors (Lipinski definition) is 4. The van der Waals surface area contributed by atoms with Crippen LogP contribution in [0, 0.1) is 0 Å². The minimum absolute atomic E-state index is 0.353. The van der Waals surface area contributed by atoms with E-state index >= 15 is 0 Å². The van der Waals surface area contributed by atoms with Gasteiger partial charge in [0.25, 0.3) is 11.7 Å². The van der Waals surface area contributed by atoms with Crippen molar-refractivity contribution in [2.24, 2.45) is 7.05 Å². The van der Waals surface area contributed by atoms with Gasteiger partial charge in [-0.1, -0.05) is 0 Å². The number of rotatable bonds is 5. The van der Waals surface area contributed by atoms with E-state index in [1.807, 2.05) is 6.92 Å². The summed E-state index contributed by atoms with van der Waals surface area (Å²) in [4.78, 5) is 28.1. The van der Waals surface area contributed by atoms with Crippen LogP contribution in [0.2, 0.25) is 0 Å². The van der Waals surface area contributed by atoms with Gasteiger partial charge in [0.1, 0.15) is 12.2 Å². The number of aryl methyl sites for hydroxylation is 2. The van der Waals surface area contributed by atoms with E-state index in [1.165, 1.54) is 6.33 Å². The molecule has 7 heteroatoms. The standard InChI is InChI=1S/C13H17N5O2/c1-4-18-12(14-8-15-18)9(2)16-13(20)11(19)10-6-5-7-17(10)3/h5-9H,4H2,1-3H3,(H,16,20)/t9-/m0/s1. The third-order valence-electron chi connectivity index (χ3n) is 3.06. The number of nitrogens with one attached hydrogen (secondary N) is 1. The van der Waals surface area contributed by atoms with Crippen molar-refractivity contribution in [2.45, 2.75) is 26.4 Å². The Morgan fingerprint density at radius 3 is 2.80 bits per heavy atom. The molecule has 0 saturated carbocycles. The molecule has 2 rings (SSSR count). The Bertz CT molecular complexity index is 628. The molecular weight excluding hydrogens is 258 g/mol. The summed E-state index contributed by atoms with van der Waals surface area (Å²) in [6, 6.07) is 2.95. The lowest BCUT2D eigenvalue weighted by Crippen LogP contribution is -2.35. The van der Waals surface area contributed by atoms with Crippen molar-refractivity contribution < 1.29 is 9.59 Å². The van der Waals surface area contributed by atoms with Crippen LogP contribution in [0.15, 0.2) is 24.7 Å². The Hall–Kier alpha value is -2.44. The molecule has 20 heavy (non-hydrogen) atoms. The maximum absolute atomic E-state index is 12.0. The Labute approximate surface area is 116 Å². The van der Waals surface area contributed by atoms with Gasteiger partial charge in [-0.2, -0.15) is 5.10 Å². The SMILES string of the molecule is CCn1ncnc1[C@H](C)NC(=O)C(=O)c1cccn1C. The highest BCUT2D eigenvalue weighted by Crippen LogP contribution is 2.09. The molecule has 1 atom stereocenters. The van der Waals surface area contributed by atoms with Crippen LogP contribution in [0.1, 0.15) is 36.2 Å². The van der Waals surface area contributed by atoms with Gasteiger partial charge in [-0.3, -0.25) is 9.59 Å². The predicted octanol–water partition coefficient (Wildman–Crippen LogP) is 0.697. The van der Waals surface area contributed by atoms with Gasteiger partial charge >= 0.3 is 0 Å². The minimum Gasteiger partial charge on any atom is -0.348 e. The summed E-state index contributed by atoms with van der Waals surface area (Å²) in [7, 11) is 1.72. The van der Waals surface area contributed by atoms with Crippen LogP contribution in [-0.4, -0.2) is 31.0 Å². The first-order valence-corrected chi connectivity index (χ1v) is 6.38. The highest BCUT2D eigenvalue weighted by atomic mass is 16.2. The van der Waals surface area contributed by atoms with Gasteiger partial charge in [0, 0.05) is 19.8 Å². The molecule has 2 aromatic rings. The monoisotopic (exact) mass is 275 g/mol. The maximum Gasteiger partial charge on any atom is 0.294 e. The molecule has 0 radical (unpaired) electrons. The van der Waals surface area contributed by atoms with Crippen molar-refractivity contribution >= 4 is 11.7 Å². The Morgan fingerprint density at radius 2 is 2.20 bits per heavy atom. The summed E-state index contributed by atoms with van der Waals surface area (Å²) in [5.41, 5.74) is 0.353. The smallest absolute Gasteiger partial charge is 0.294 e. The van der Waals surface area contributed by atoms with Crippen molar-refractivity contribution in [2.75, 3.05) is 0 Å². The van der Waals surface area contributed by atoms with Crippen LogP contribution in [-0.2, 0) is 18.4 Å². The molecule has 0 spiro atoms. The Morgan fingerprint density at radius 1 is 1.45 bits per heavy atom. The first kappa shape index (κ1) is 14.0. The quantitative estimate of drug-likeness (QED) is 0.643. The van der Waals surface area contributed by atoms with Crippen molar-refractivity contribution in [1.82, 2.24) is 24.6 Å². The zero-order valence-electron chi connectivity index (χ0n) is 11.7. The molecular formula is C13H17N5O2. The summed E-state index contributed by atoms with van der Waals surface area (Å²) >= 11 is 0. The number of carbonyl (C=O) groups is 2. The van der Waals surface area contributed by atoms with Crippen LogP contribution >= 0.6 is 0 Å². The van der Waals surface area contributed by atoms with Gasteiger partial charge in [-0.25, -0.2) is 9.67 Å². The van der Waals surface area contributed by atoms with E-state index in [1.54, 1.807) is 41.5 Å². The van der Waals surface area contributed by atoms with Crippen molar-refractivity contribution in [3.05, 3.63) is 36.2 Å². The summed E-state index contributed by atoms with van der Waals surface area (Å²) in [5.74, 6) is -0.586. The fraction of sp³-hybridized carbons (Fsp3) is 0.385. The Balaban J connectivity index is 2.08. The van der Waals surface area contributed by atoms with E-state index in [-0.39, 0.29) is 6.04 Å². The van der Waals surface area contributed by atoms with E-state index in [4.69, 9.17) is 0 Å². The van der Waals surface area contributed by atoms with E-state index in [0.29, 0.717) is 18.1 Å². The molecule has 106 valence electrons. The van der Waals surface area contributed by atoms with Crippen LogP contribution in [0.5, 0.6) is 0 Å². The summed E-state index contributed by atoms with van der Waals surface area (Å²) in [6.45, 7) is 4.36. The molecule has 0 aliphatic carbocycles. The number of amides is 1. The van der Waals surface area contributed by atoms with Crippen LogP contribution in [0.25, 0.3) is 0 Å². The van der Waals surface area contributed by atoms with Gasteiger partial charge in [-0.05, 0) is 26.0 Å². The van der Waals surface area contributed by atoms with E-state index in [2.05, 4.69) is 15.4 Å². The molecule has 2 heterocycles. The lowest BCUT2D eigenvalue weighted by atomic mass is 10.2. The predicted molar refractivity (Wildman–Crippen MR) is 72.0 cm³/mol. The molecule has 0 aliphatic rings. The molecule has 0 bridgehead atoms. The average molecular weight is 275 g/mol. The normalized spacial score (nSPS) is 12.2. The summed E-state index contributed by atoms with van der Waals surface area (Å²) in [5, 5.41) is 6.68. The van der Waals surface area contributed by atoms with E-state index in [9.17, 15) is 9.59 Å². The highest BCUT2D eigenvalue weighted by Gasteiger charge is 2.22. The van der Waals surface area contributed by atoms with Gasteiger partial charge < -0.3 is 9.88 Å². The second-order valence-electron chi connectivity index (χ2n) is 4.46. The fourth-order valence-electron chi connectivity index (χ4n) is 1.99. The van der Waals surface area contributed by atoms with Crippen LogP contribution in [0.4, 0.5) is 0 Å². The van der Waals surface area contributed by atoms with Gasteiger partial charge in [0.15, 0.2) is 0 Å². The molecule has 0 fully saturated rings. The molecule has 0 saturated heterocycles. The Kier molecular flexibility index (Phi) is 3.97. The second-order valence-corrected chi connectivity index (χ2v) is 4.46. The van der Waals surface area contributed by atoms with Crippen LogP contribution < -0.4 is 5.32 Å². The molecule has 1 N–H and O–H groups in total. The topological polar surface area (TPSA) is 81.8 Å². The molecule has 7 nitrogen and oxygen atoms in total. The molecule has 0 unspecified atom stereocenters. The number of Topliss-reactive ketones (excluding diaryl/α,β-unsaturated/α-hetero) is 1. The summed E-state index contributed by atoms with van der Waals surface area (Å²) in [6.07, 6.45) is 3.15. The lowest BCUT2D eigenvalue weighted by Gasteiger charge is -2.13. The van der Waals surface area contributed by atoms with Crippen molar-refractivity contribution in [3.8, 4) is 0 Å². The largest absolute Gasteiger partial charge is 0.348 e. The molecule has 0 aliphatic heterocycles. The number of ketones is 1. The second kappa shape index (κ2) is 5.68. The maximum atomic E-state index is 12.0. The summed E-state index contributed by atoms with van der Waals surface area (Å²) < 4.78 is 3.29. The van der Waals surface area contributed by atoms with Crippen molar-refractivity contribution in [3.63, 3.8) is 0 Å². The zero-order valence-corrected chi connectivity index (χ0v) is 11.7. The van der Waals surface area contributed by atoms with Gasteiger partial charge in [0.05, 0.1) is 11.7 Å². The molecule has 1 amide bonds. The van der Waals surface area contributed by atoms with Crippen molar-refractivity contribution in [1.29, 1.82) is 0 Å². The lowest BCUT2D eigenvalue weighted by molar-refractivity contribution is -0.117. The van der Waals surface area contributed by atoms with Crippen LogP contribution in [0.3, 0.4) is 0 Å². The number of aromatic nitrogens is 4. The van der Waals surface area contributed by atoms with E-state index in [0.717, 1.165) is 0 Å². The number of nitrogens with zero attached hydrogens (tertiary/aromatic N) is 4. The number of hydrogen-bond donors (Lipinski definition) is 1.